The van der Waals surface area contributed by atoms with E-state index in [-0.39, 0.29) is 5.78 Å². The lowest BCUT2D eigenvalue weighted by molar-refractivity contribution is -0.110. The number of anilines is 1. The Kier molecular flexibility index (Phi) is 6.38. The molecule has 37 heavy (non-hydrogen) atoms. The smallest absolute Gasteiger partial charge is 0.187 e. The highest BCUT2D eigenvalue weighted by Gasteiger charge is 2.61. The highest BCUT2D eigenvalue weighted by Crippen LogP contribution is 2.71. The highest BCUT2D eigenvalue weighted by molar-refractivity contribution is 9.10. The van der Waals surface area contributed by atoms with Crippen molar-refractivity contribution >= 4 is 71.9 Å². The van der Waals surface area contributed by atoms with E-state index in [9.17, 15) is 4.79 Å². The fourth-order valence-electron chi connectivity index (χ4n) is 5.09. The number of ketones is 1. The number of rotatable bonds is 4. The molecule has 0 saturated heterocycles. The molecule has 0 N–H and O–H groups in total. The number of nitrogens with zero attached hydrogens (tertiary/aromatic N) is 2. The van der Waals surface area contributed by atoms with Gasteiger partial charge in [0, 0.05) is 21.4 Å². The van der Waals surface area contributed by atoms with Crippen LogP contribution in [0.2, 0.25) is 0 Å². The summed E-state index contributed by atoms with van der Waals surface area (Å²) >= 11 is 10.6. The van der Waals surface area contributed by atoms with E-state index in [1.54, 1.807) is 18.7 Å². The molecular weight excluding hydrogens is 628 g/mol. The second-order valence-corrected chi connectivity index (χ2v) is 13.8. The molecule has 184 valence electrons. The van der Waals surface area contributed by atoms with E-state index in [2.05, 4.69) is 129 Å². The first-order valence-corrected chi connectivity index (χ1v) is 15.0. The Bertz CT molecular complexity index is 1510. The fourth-order valence-corrected chi connectivity index (χ4v) is 9.16. The molecule has 0 amide bonds. The lowest BCUT2D eigenvalue weighted by Crippen LogP contribution is -2.34. The SMILES string of the molecule is CC(=O)C1=NN(c2ccccc2C)C2(S1)SC(c1ccc(Br)cc1)(c1ccc(Br)cc1)c1ccccc12. The molecule has 4 aromatic carbocycles. The lowest BCUT2D eigenvalue weighted by Gasteiger charge is -2.37. The summed E-state index contributed by atoms with van der Waals surface area (Å²) in [5, 5.41) is 7.56. The van der Waals surface area contributed by atoms with Gasteiger partial charge in [0.2, 0.25) is 0 Å². The number of fused-ring (bicyclic) bond motifs is 2. The number of halogens is 2. The van der Waals surface area contributed by atoms with E-state index < -0.39 is 8.95 Å². The first kappa shape index (κ1) is 25.0. The minimum Gasteiger partial charge on any atom is -0.292 e. The van der Waals surface area contributed by atoms with E-state index in [0.29, 0.717) is 5.04 Å². The van der Waals surface area contributed by atoms with Crippen molar-refractivity contribution in [2.24, 2.45) is 5.10 Å². The van der Waals surface area contributed by atoms with Crippen molar-refractivity contribution < 1.29 is 4.79 Å². The van der Waals surface area contributed by atoms with Gasteiger partial charge in [-0.1, -0.05) is 122 Å². The summed E-state index contributed by atoms with van der Waals surface area (Å²) in [6.45, 7) is 3.69. The van der Waals surface area contributed by atoms with Crippen molar-refractivity contribution in [3.05, 3.63) is 134 Å². The molecule has 7 heteroatoms. The predicted octanol–water partition coefficient (Wildman–Crippen LogP) is 8.82. The number of Topliss-reactive ketones (excluding diaryl/α,β-unsaturated/α-hetero) is 1. The van der Waals surface area contributed by atoms with Crippen LogP contribution in [0.3, 0.4) is 0 Å². The first-order chi connectivity index (χ1) is 17.8. The van der Waals surface area contributed by atoms with Gasteiger partial charge in [0.1, 0.15) is 0 Å². The molecule has 3 nitrogen and oxygen atoms in total. The Balaban J connectivity index is 1.66. The van der Waals surface area contributed by atoms with Crippen LogP contribution in [0, 0.1) is 6.92 Å². The molecule has 1 atom stereocenters. The van der Waals surface area contributed by atoms with Crippen LogP contribution in [0.15, 0.2) is 111 Å². The zero-order valence-electron chi connectivity index (χ0n) is 20.1. The van der Waals surface area contributed by atoms with Gasteiger partial charge in [-0.05, 0) is 59.5 Å². The third-order valence-corrected chi connectivity index (χ3v) is 11.2. The van der Waals surface area contributed by atoms with Gasteiger partial charge >= 0.3 is 0 Å². The predicted molar refractivity (Wildman–Crippen MR) is 163 cm³/mol. The van der Waals surface area contributed by atoms with E-state index >= 15 is 0 Å². The average molecular weight is 650 g/mol. The van der Waals surface area contributed by atoms with Crippen molar-refractivity contribution in [3.8, 4) is 0 Å². The number of aryl methyl sites for hydroxylation is 1. The van der Waals surface area contributed by atoms with Gasteiger partial charge < -0.3 is 0 Å². The minimum absolute atomic E-state index is 0.0247. The van der Waals surface area contributed by atoms with Crippen LogP contribution in [0.4, 0.5) is 5.69 Å². The third kappa shape index (κ3) is 3.94. The molecule has 1 spiro atoms. The lowest BCUT2D eigenvalue weighted by atomic mass is 9.82. The number of carbonyl (C=O) groups is 1. The Morgan fingerprint density at radius 3 is 1.89 bits per heavy atom. The topological polar surface area (TPSA) is 32.7 Å². The normalized spacial score (nSPS) is 19.7. The Labute approximate surface area is 242 Å². The maximum Gasteiger partial charge on any atom is 0.187 e. The van der Waals surface area contributed by atoms with Gasteiger partial charge in [0.05, 0.1) is 10.4 Å². The van der Waals surface area contributed by atoms with Crippen LogP contribution in [-0.4, -0.2) is 10.8 Å². The molecule has 0 fully saturated rings. The number of hydrogen-bond donors (Lipinski definition) is 0. The molecule has 4 aromatic rings. The standard InChI is InChI=1S/C30H22Br2N2OS2/c1-19-7-3-6-10-27(19)34-30(36-28(33-34)20(2)35)26-9-5-4-8-25(26)29(37-30,21-11-15-23(31)16-12-21)22-13-17-24(32)18-14-22/h3-18H,1-2H3. The summed E-state index contributed by atoms with van der Waals surface area (Å²) in [5.74, 6) is -0.0247. The van der Waals surface area contributed by atoms with Gasteiger partial charge in [0.15, 0.2) is 15.0 Å². The highest BCUT2D eigenvalue weighted by atomic mass is 79.9. The summed E-state index contributed by atoms with van der Waals surface area (Å²) in [6.07, 6.45) is 0. The molecule has 2 aliphatic heterocycles. The van der Waals surface area contributed by atoms with Gasteiger partial charge in [-0.2, -0.15) is 5.10 Å². The zero-order valence-corrected chi connectivity index (χ0v) is 24.9. The second kappa shape index (κ2) is 9.45. The van der Waals surface area contributed by atoms with E-state index in [4.69, 9.17) is 5.10 Å². The molecule has 6 rings (SSSR count). The Morgan fingerprint density at radius 1 is 0.784 bits per heavy atom. The number of hydrogen-bond acceptors (Lipinski definition) is 5. The third-order valence-electron chi connectivity index (χ3n) is 6.79. The number of benzene rings is 4. The summed E-state index contributed by atoms with van der Waals surface area (Å²) in [4.78, 5) is 12.7. The molecule has 0 aliphatic carbocycles. The van der Waals surface area contributed by atoms with Gasteiger partial charge in [-0.15, -0.1) is 0 Å². The van der Waals surface area contributed by atoms with Crippen molar-refractivity contribution in [2.75, 3.05) is 5.01 Å². The number of carbonyl (C=O) groups excluding carboxylic acids is 1. The minimum atomic E-state index is -0.663. The molecular formula is C30H22Br2N2OS2. The maximum absolute atomic E-state index is 12.7. The van der Waals surface area contributed by atoms with E-state index in [1.165, 1.54) is 16.7 Å². The summed E-state index contributed by atoms with van der Waals surface area (Å²) in [7, 11) is 0. The van der Waals surface area contributed by atoms with Crippen molar-refractivity contribution in [3.63, 3.8) is 0 Å². The van der Waals surface area contributed by atoms with Crippen LogP contribution in [0.5, 0.6) is 0 Å². The van der Waals surface area contributed by atoms with Gasteiger partial charge in [-0.25, -0.2) is 5.01 Å². The van der Waals surface area contributed by atoms with Crippen LogP contribution < -0.4 is 5.01 Å². The van der Waals surface area contributed by atoms with E-state index in [1.807, 2.05) is 23.9 Å². The van der Waals surface area contributed by atoms with E-state index in [0.717, 1.165) is 25.8 Å². The molecule has 2 aliphatic rings. The Hall–Kier alpha value is -2.32. The number of hydrazone groups is 1. The first-order valence-electron chi connectivity index (χ1n) is 11.8. The fraction of sp³-hybridized carbons (Fsp3) is 0.133. The average Bonchev–Trinajstić information content (AvgIpc) is 3.43. The van der Waals surface area contributed by atoms with Gasteiger partial charge in [-0.3, -0.25) is 4.79 Å². The summed E-state index contributed by atoms with van der Waals surface area (Å²) in [6, 6.07) is 34.0. The molecule has 0 aromatic heterocycles. The summed E-state index contributed by atoms with van der Waals surface area (Å²) in [5.41, 5.74) is 6.81. The van der Waals surface area contributed by atoms with Crippen molar-refractivity contribution in [2.45, 2.75) is 22.8 Å². The van der Waals surface area contributed by atoms with Crippen molar-refractivity contribution in [1.82, 2.24) is 0 Å². The van der Waals surface area contributed by atoms with Crippen LogP contribution >= 0.6 is 55.4 Å². The molecule has 2 heterocycles. The van der Waals surface area contributed by atoms with Crippen LogP contribution in [0.1, 0.15) is 34.7 Å². The zero-order chi connectivity index (χ0) is 25.8. The molecule has 0 saturated carbocycles. The number of para-hydroxylation sites is 1. The summed E-state index contributed by atoms with van der Waals surface area (Å²) < 4.78 is 0.886. The molecule has 0 bridgehead atoms. The Morgan fingerprint density at radius 2 is 1.32 bits per heavy atom. The quantitative estimate of drug-likeness (QED) is 0.221. The molecule has 0 radical (unpaired) electrons. The number of thioether (sulfide) groups is 2. The monoisotopic (exact) mass is 648 g/mol. The van der Waals surface area contributed by atoms with Crippen LogP contribution in [-0.2, 0) is 13.7 Å². The maximum atomic E-state index is 12.7. The van der Waals surface area contributed by atoms with Crippen LogP contribution in [0.25, 0.3) is 0 Å². The van der Waals surface area contributed by atoms with Crippen molar-refractivity contribution in [1.29, 1.82) is 0 Å². The van der Waals surface area contributed by atoms with Gasteiger partial charge in [0.25, 0.3) is 0 Å². The largest absolute Gasteiger partial charge is 0.292 e. The second-order valence-electron chi connectivity index (χ2n) is 9.09. The molecule has 1 unspecified atom stereocenters.